The Morgan fingerprint density at radius 3 is 3.00 bits per heavy atom. The van der Waals surface area contributed by atoms with E-state index >= 15 is 0 Å². The van der Waals surface area contributed by atoms with Gasteiger partial charge in [-0.05, 0) is 24.3 Å². The van der Waals surface area contributed by atoms with E-state index in [4.69, 9.17) is 9.47 Å². The van der Waals surface area contributed by atoms with E-state index in [0.717, 1.165) is 18.0 Å². The average Bonchev–Trinajstić information content (AvgIpc) is 2.89. The van der Waals surface area contributed by atoms with Crippen LogP contribution in [0.2, 0.25) is 0 Å². The number of benzene rings is 1. The molecule has 2 aliphatic heterocycles. The molecule has 1 aromatic rings. The summed E-state index contributed by atoms with van der Waals surface area (Å²) in [4.78, 5) is 0. The molecule has 1 saturated heterocycles. The summed E-state index contributed by atoms with van der Waals surface area (Å²) in [6.07, 6.45) is 1.41. The van der Waals surface area contributed by atoms with Gasteiger partial charge in [0.05, 0.1) is 0 Å². The Bertz CT molecular complexity index is 379. The molecule has 2 unspecified atom stereocenters. The van der Waals surface area contributed by atoms with Crippen LogP contribution in [0.3, 0.4) is 0 Å². The van der Waals surface area contributed by atoms with Crippen LogP contribution in [-0.4, -0.2) is 36.8 Å². The third-order valence-electron chi connectivity index (χ3n) is 3.13. The fourth-order valence-corrected chi connectivity index (χ4v) is 3.34. The number of hydrogen-bond acceptors (Lipinski definition) is 4. The van der Waals surface area contributed by atoms with Gasteiger partial charge >= 0.3 is 0 Å². The van der Waals surface area contributed by atoms with Crippen molar-refractivity contribution >= 4 is 11.8 Å². The first-order chi connectivity index (χ1) is 8.42. The second-order valence-electron chi connectivity index (χ2n) is 4.47. The van der Waals surface area contributed by atoms with Crippen LogP contribution in [0.4, 0.5) is 0 Å². The van der Waals surface area contributed by atoms with Gasteiger partial charge in [0.25, 0.3) is 0 Å². The van der Waals surface area contributed by atoms with E-state index in [1.807, 2.05) is 36.0 Å². The van der Waals surface area contributed by atoms with E-state index in [9.17, 15) is 0 Å². The van der Waals surface area contributed by atoms with Gasteiger partial charge in [-0.3, -0.25) is 0 Å². The SMILES string of the molecule is c1ccc2c(c1)OCC(CNC1CCSC1)O2. The van der Waals surface area contributed by atoms with E-state index in [0.29, 0.717) is 12.6 Å². The van der Waals surface area contributed by atoms with Crippen LogP contribution in [0, 0.1) is 0 Å². The van der Waals surface area contributed by atoms with Gasteiger partial charge in [0.2, 0.25) is 0 Å². The van der Waals surface area contributed by atoms with Gasteiger partial charge in [0.1, 0.15) is 12.7 Å². The Morgan fingerprint density at radius 2 is 2.18 bits per heavy atom. The smallest absolute Gasteiger partial charge is 0.161 e. The first-order valence-electron chi connectivity index (χ1n) is 6.11. The van der Waals surface area contributed by atoms with E-state index in [2.05, 4.69) is 5.32 Å². The molecule has 17 heavy (non-hydrogen) atoms. The third kappa shape index (κ3) is 2.69. The summed E-state index contributed by atoms with van der Waals surface area (Å²) < 4.78 is 11.6. The zero-order valence-electron chi connectivity index (χ0n) is 9.72. The van der Waals surface area contributed by atoms with Crippen molar-refractivity contribution in [1.29, 1.82) is 0 Å². The molecule has 2 aliphatic rings. The number of nitrogens with one attached hydrogen (secondary N) is 1. The second-order valence-corrected chi connectivity index (χ2v) is 5.62. The minimum Gasteiger partial charge on any atom is -0.486 e. The van der Waals surface area contributed by atoms with Crippen molar-refractivity contribution in [2.24, 2.45) is 0 Å². The molecule has 0 saturated carbocycles. The number of ether oxygens (including phenoxy) is 2. The van der Waals surface area contributed by atoms with Crippen LogP contribution in [0.5, 0.6) is 11.5 Å². The molecule has 4 heteroatoms. The van der Waals surface area contributed by atoms with Crippen molar-refractivity contribution < 1.29 is 9.47 Å². The van der Waals surface area contributed by atoms with Gasteiger partial charge in [0, 0.05) is 18.3 Å². The molecule has 1 N–H and O–H groups in total. The topological polar surface area (TPSA) is 30.5 Å². The van der Waals surface area contributed by atoms with E-state index in [-0.39, 0.29) is 6.10 Å². The summed E-state index contributed by atoms with van der Waals surface area (Å²) in [5.41, 5.74) is 0. The van der Waals surface area contributed by atoms with E-state index < -0.39 is 0 Å². The highest BCUT2D eigenvalue weighted by molar-refractivity contribution is 7.99. The van der Waals surface area contributed by atoms with Crippen molar-refractivity contribution in [3.8, 4) is 11.5 Å². The van der Waals surface area contributed by atoms with E-state index in [1.165, 1.54) is 17.9 Å². The number of hydrogen-bond donors (Lipinski definition) is 1. The summed E-state index contributed by atoms with van der Waals surface area (Å²) in [5, 5.41) is 3.56. The molecule has 0 amide bonds. The van der Waals surface area contributed by atoms with Crippen molar-refractivity contribution in [2.45, 2.75) is 18.6 Å². The fraction of sp³-hybridized carbons (Fsp3) is 0.538. The van der Waals surface area contributed by atoms with Crippen molar-refractivity contribution in [3.63, 3.8) is 0 Å². The lowest BCUT2D eigenvalue weighted by atomic mass is 10.2. The Kier molecular flexibility index (Phi) is 3.43. The lowest BCUT2D eigenvalue weighted by Gasteiger charge is -2.27. The molecule has 2 heterocycles. The Balaban J connectivity index is 1.53. The quantitative estimate of drug-likeness (QED) is 0.889. The predicted molar refractivity (Wildman–Crippen MR) is 70.1 cm³/mol. The molecule has 0 bridgehead atoms. The molecule has 0 aliphatic carbocycles. The first kappa shape index (κ1) is 11.2. The maximum Gasteiger partial charge on any atom is 0.161 e. The summed E-state index contributed by atoms with van der Waals surface area (Å²) in [5.74, 6) is 4.23. The Labute approximate surface area is 106 Å². The maximum atomic E-state index is 5.90. The van der Waals surface area contributed by atoms with Crippen molar-refractivity contribution in [3.05, 3.63) is 24.3 Å². The van der Waals surface area contributed by atoms with Gasteiger partial charge in [0.15, 0.2) is 11.5 Å². The number of fused-ring (bicyclic) bond motifs is 1. The van der Waals surface area contributed by atoms with Gasteiger partial charge in [-0.2, -0.15) is 11.8 Å². The maximum absolute atomic E-state index is 5.90. The van der Waals surface area contributed by atoms with Gasteiger partial charge in [-0.1, -0.05) is 12.1 Å². The average molecular weight is 251 g/mol. The standard InChI is InChI=1S/C13H17NO2S/c1-2-4-13-12(3-1)15-8-11(16-13)7-14-10-5-6-17-9-10/h1-4,10-11,14H,5-9H2. The summed E-state index contributed by atoms with van der Waals surface area (Å²) >= 11 is 2.02. The zero-order valence-corrected chi connectivity index (χ0v) is 10.5. The molecular weight excluding hydrogens is 234 g/mol. The Hall–Kier alpha value is -0.870. The summed E-state index contributed by atoms with van der Waals surface area (Å²) in [6, 6.07) is 8.52. The van der Waals surface area contributed by atoms with E-state index in [1.54, 1.807) is 0 Å². The Morgan fingerprint density at radius 1 is 1.29 bits per heavy atom. The highest BCUT2D eigenvalue weighted by Gasteiger charge is 2.22. The predicted octanol–water partition coefficient (Wildman–Crippen LogP) is 1.92. The van der Waals surface area contributed by atoms with Crippen LogP contribution in [0.15, 0.2) is 24.3 Å². The fourth-order valence-electron chi connectivity index (χ4n) is 2.16. The molecule has 92 valence electrons. The van der Waals surface area contributed by atoms with Crippen LogP contribution in [-0.2, 0) is 0 Å². The molecule has 3 nitrogen and oxygen atoms in total. The summed E-state index contributed by atoms with van der Waals surface area (Å²) in [7, 11) is 0. The molecular formula is C13H17NO2S. The monoisotopic (exact) mass is 251 g/mol. The zero-order chi connectivity index (χ0) is 11.5. The number of rotatable bonds is 3. The van der Waals surface area contributed by atoms with Gasteiger partial charge in [-0.25, -0.2) is 0 Å². The molecule has 1 aromatic carbocycles. The highest BCUT2D eigenvalue weighted by Crippen LogP contribution is 2.30. The molecule has 2 atom stereocenters. The first-order valence-corrected chi connectivity index (χ1v) is 7.27. The lowest BCUT2D eigenvalue weighted by molar-refractivity contribution is 0.0888. The lowest BCUT2D eigenvalue weighted by Crippen LogP contribution is -2.42. The minimum atomic E-state index is 0.135. The highest BCUT2D eigenvalue weighted by atomic mass is 32.2. The van der Waals surface area contributed by atoms with Gasteiger partial charge in [-0.15, -0.1) is 0 Å². The van der Waals surface area contributed by atoms with Crippen molar-refractivity contribution in [2.75, 3.05) is 24.7 Å². The number of thioether (sulfide) groups is 1. The van der Waals surface area contributed by atoms with Crippen molar-refractivity contribution in [1.82, 2.24) is 5.32 Å². The van der Waals surface area contributed by atoms with Crippen LogP contribution in [0.25, 0.3) is 0 Å². The third-order valence-corrected chi connectivity index (χ3v) is 4.29. The number of para-hydroxylation sites is 2. The molecule has 0 aromatic heterocycles. The molecule has 0 spiro atoms. The minimum absolute atomic E-state index is 0.135. The van der Waals surface area contributed by atoms with Crippen LogP contribution in [0.1, 0.15) is 6.42 Å². The van der Waals surface area contributed by atoms with Crippen LogP contribution >= 0.6 is 11.8 Å². The molecule has 0 radical (unpaired) electrons. The largest absolute Gasteiger partial charge is 0.486 e. The normalized spacial score (nSPS) is 27.1. The molecule has 1 fully saturated rings. The second kappa shape index (κ2) is 5.19. The molecule has 3 rings (SSSR count). The van der Waals surface area contributed by atoms with Crippen LogP contribution < -0.4 is 14.8 Å². The van der Waals surface area contributed by atoms with Gasteiger partial charge < -0.3 is 14.8 Å². The summed E-state index contributed by atoms with van der Waals surface area (Å²) in [6.45, 7) is 1.52.